The summed E-state index contributed by atoms with van der Waals surface area (Å²) in [5.41, 5.74) is 1.19. The van der Waals surface area contributed by atoms with Gasteiger partial charge in [0, 0.05) is 17.1 Å². The Morgan fingerprint density at radius 1 is 1.17 bits per heavy atom. The molecule has 0 unspecified atom stereocenters. The van der Waals surface area contributed by atoms with E-state index < -0.39 is 0 Å². The molecule has 5 heteroatoms. The number of para-hydroxylation sites is 1. The highest BCUT2D eigenvalue weighted by atomic mass is 16.5. The van der Waals surface area contributed by atoms with Crippen LogP contribution >= 0.6 is 0 Å². The summed E-state index contributed by atoms with van der Waals surface area (Å²) in [6, 6.07) is 16.1. The summed E-state index contributed by atoms with van der Waals surface area (Å²) in [6.45, 7) is 2.45. The molecule has 3 rings (SSSR count). The van der Waals surface area contributed by atoms with Crippen molar-refractivity contribution in [3.05, 3.63) is 65.7 Å². The number of ether oxygens (including phenoxy) is 1. The van der Waals surface area contributed by atoms with E-state index in [1.54, 1.807) is 24.3 Å². The van der Waals surface area contributed by atoms with Gasteiger partial charge < -0.3 is 14.5 Å². The zero-order chi connectivity index (χ0) is 16.2. The molecule has 3 aromatic rings. The third-order valence-corrected chi connectivity index (χ3v) is 3.33. The van der Waals surface area contributed by atoms with Crippen LogP contribution in [0.1, 0.15) is 17.3 Å². The molecule has 0 aliphatic rings. The number of rotatable bonds is 4. The molecule has 0 bridgehead atoms. The molecular weight excluding hydrogens is 292 g/mol. The van der Waals surface area contributed by atoms with Crippen LogP contribution in [-0.4, -0.2) is 12.5 Å². The maximum absolute atomic E-state index is 12.3. The second-order valence-corrected chi connectivity index (χ2v) is 4.94. The largest absolute Gasteiger partial charge is 0.494 e. The fourth-order valence-corrected chi connectivity index (χ4v) is 2.25. The highest BCUT2D eigenvalue weighted by molar-refractivity contribution is 6.05. The van der Waals surface area contributed by atoms with E-state index in [-0.39, 0.29) is 17.0 Å². The second kappa shape index (κ2) is 6.36. The first-order chi connectivity index (χ1) is 11.2. The molecule has 0 saturated heterocycles. The molecule has 0 saturated carbocycles. The van der Waals surface area contributed by atoms with Crippen LogP contribution in [-0.2, 0) is 0 Å². The number of benzene rings is 2. The molecule has 23 heavy (non-hydrogen) atoms. The predicted octanol–water partition coefficient (Wildman–Crippen LogP) is 3.56. The Kier molecular flexibility index (Phi) is 4.10. The Labute approximate surface area is 133 Å². The predicted molar refractivity (Wildman–Crippen MR) is 87.6 cm³/mol. The van der Waals surface area contributed by atoms with Gasteiger partial charge in [0.25, 0.3) is 5.91 Å². The van der Waals surface area contributed by atoms with Crippen LogP contribution in [0, 0.1) is 5.41 Å². The molecule has 1 aromatic heterocycles. The van der Waals surface area contributed by atoms with Crippen LogP contribution in [0.5, 0.6) is 5.75 Å². The third-order valence-electron chi connectivity index (χ3n) is 3.33. The SMILES string of the molecule is CCOc1ccc2cc(C(=O)Nc3ccccc3)c(=N)oc2c1. The van der Waals surface area contributed by atoms with Gasteiger partial charge in [0.2, 0.25) is 5.55 Å². The van der Waals surface area contributed by atoms with E-state index in [9.17, 15) is 4.79 Å². The van der Waals surface area contributed by atoms with E-state index >= 15 is 0 Å². The maximum Gasteiger partial charge on any atom is 0.261 e. The first-order valence-electron chi connectivity index (χ1n) is 7.29. The van der Waals surface area contributed by atoms with Crippen molar-refractivity contribution in [2.45, 2.75) is 6.92 Å². The lowest BCUT2D eigenvalue weighted by Crippen LogP contribution is -2.20. The smallest absolute Gasteiger partial charge is 0.261 e. The van der Waals surface area contributed by atoms with Crippen LogP contribution in [0.15, 0.2) is 59.0 Å². The van der Waals surface area contributed by atoms with Crippen LogP contribution in [0.25, 0.3) is 11.0 Å². The first-order valence-corrected chi connectivity index (χ1v) is 7.29. The normalized spacial score (nSPS) is 10.5. The fraction of sp³-hybridized carbons (Fsp3) is 0.111. The van der Waals surface area contributed by atoms with E-state index in [0.29, 0.717) is 23.6 Å². The van der Waals surface area contributed by atoms with Crippen molar-refractivity contribution >= 4 is 22.6 Å². The van der Waals surface area contributed by atoms with Gasteiger partial charge in [0.15, 0.2) is 0 Å². The minimum absolute atomic E-state index is 0.181. The van der Waals surface area contributed by atoms with Crippen molar-refractivity contribution in [3.63, 3.8) is 0 Å². The summed E-state index contributed by atoms with van der Waals surface area (Å²) < 4.78 is 10.9. The zero-order valence-electron chi connectivity index (χ0n) is 12.6. The summed E-state index contributed by atoms with van der Waals surface area (Å²) in [7, 11) is 0. The number of hydrogen-bond donors (Lipinski definition) is 2. The quantitative estimate of drug-likeness (QED) is 0.773. The van der Waals surface area contributed by atoms with Crippen LogP contribution in [0.2, 0.25) is 0 Å². The Hall–Kier alpha value is -3.08. The van der Waals surface area contributed by atoms with Gasteiger partial charge in [0.1, 0.15) is 16.9 Å². The molecule has 0 aliphatic heterocycles. The van der Waals surface area contributed by atoms with Gasteiger partial charge in [-0.25, -0.2) is 0 Å². The van der Waals surface area contributed by atoms with Gasteiger partial charge in [-0.3, -0.25) is 10.2 Å². The Morgan fingerprint density at radius 2 is 1.96 bits per heavy atom. The number of nitrogens with one attached hydrogen (secondary N) is 2. The average Bonchev–Trinajstić information content (AvgIpc) is 2.55. The molecule has 0 fully saturated rings. The van der Waals surface area contributed by atoms with Gasteiger partial charge in [-0.1, -0.05) is 18.2 Å². The van der Waals surface area contributed by atoms with Crippen LogP contribution < -0.4 is 15.6 Å². The van der Waals surface area contributed by atoms with E-state index in [2.05, 4.69) is 5.32 Å². The number of anilines is 1. The van der Waals surface area contributed by atoms with Crippen molar-refractivity contribution < 1.29 is 13.9 Å². The number of amides is 1. The van der Waals surface area contributed by atoms with Gasteiger partial charge in [-0.2, -0.15) is 0 Å². The summed E-state index contributed by atoms with van der Waals surface area (Å²) in [5.74, 6) is 0.297. The number of carbonyl (C=O) groups excluding carboxylic acids is 1. The molecule has 0 aliphatic carbocycles. The Bertz CT molecular complexity index is 901. The number of fused-ring (bicyclic) bond motifs is 1. The molecule has 0 spiro atoms. The maximum atomic E-state index is 12.3. The Balaban J connectivity index is 1.95. The van der Waals surface area contributed by atoms with Gasteiger partial charge in [0.05, 0.1) is 6.61 Å². The van der Waals surface area contributed by atoms with Crippen LogP contribution in [0.3, 0.4) is 0 Å². The highest BCUT2D eigenvalue weighted by Gasteiger charge is 2.12. The molecule has 1 heterocycles. The number of carbonyl (C=O) groups is 1. The van der Waals surface area contributed by atoms with Crippen molar-refractivity contribution in [2.24, 2.45) is 0 Å². The van der Waals surface area contributed by atoms with Crippen molar-refractivity contribution in [2.75, 3.05) is 11.9 Å². The summed E-state index contributed by atoms with van der Waals surface area (Å²) in [4.78, 5) is 12.3. The van der Waals surface area contributed by atoms with E-state index in [0.717, 1.165) is 5.39 Å². The standard InChI is InChI=1S/C18H16N2O3/c1-2-22-14-9-8-12-10-15(17(19)23-16(12)11-14)18(21)20-13-6-4-3-5-7-13/h3-11,19H,2H2,1H3,(H,20,21). The lowest BCUT2D eigenvalue weighted by Gasteiger charge is -2.07. The summed E-state index contributed by atoms with van der Waals surface area (Å²) in [5, 5.41) is 11.4. The molecule has 0 atom stereocenters. The average molecular weight is 308 g/mol. The summed E-state index contributed by atoms with van der Waals surface area (Å²) >= 11 is 0. The topological polar surface area (TPSA) is 75.3 Å². The van der Waals surface area contributed by atoms with Gasteiger partial charge in [-0.05, 0) is 37.3 Å². The van der Waals surface area contributed by atoms with Crippen molar-refractivity contribution in [1.82, 2.24) is 0 Å². The lowest BCUT2D eigenvalue weighted by atomic mass is 10.1. The van der Waals surface area contributed by atoms with Crippen molar-refractivity contribution in [3.8, 4) is 5.75 Å². The molecule has 5 nitrogen and oxygen atoms in total. The molecule has 0 radical (unpaired) electrons. The molecule has 116 valence electrons. The van der Waals surface area contributed by atoms with E-state index in [1.807, 2.05) is 37.3 Å². The molecule has 2 aromatic carbocycles. The molecular formula is C18H16N2O3. The highest BCUT2D eigenvalue weighted by Crippen LogP contribution is 2.21. The molecule has 1 amide bonds. The van der Waals surface area contributed by atoms with E-state index in [4.69, 9.17) is 14.6 Å². The van der Waals surface area contributed by atoms with Gasteiger partial charge >= 0.3 is 0 Å². The minimum atomic E-state index is -0.374. The van der Waals surface area contributed by atoms with Crippen LogP contribution in [0.4, 0.5) is 5.69 Å². The van der Waals surface area contributed by atoms with Gasteiger partial charge in [-0.15, -0.1) is 0 Å². The molecule has 2 N–H and O–H groups in total. The first kappa shape index (κ1) is 14.8. The fourth-order valence-electron chi connectivity index (χ4n) is 2.25. The Morgan fingerprint density at radius 3 is 2.70 bits per heavy atom. The third kappa shape index (κ3) is 3.23. The second-order valence-electron chi connectivity index (χ2n) is 4.94. The minimum Gasteiger partial charge on any atom is -0.494 e. The van der Waals surface area contributed by atoms with Crippen molar-refractivity contribution in [1.29, 1.82) is 5.41 Å². The lowest BCUT2D eigenvalue weighted by molar-refractivity contribution is 0.102. The zero-order valence-corrected chi connectivity index (χ0v) is 12.6. The van der Waals surface area contributed by atoms with E-state index in [1.165, 1.54) is 0 Å². The number of hydrogen-bond acceptors (Lipinski definition) is 4. The summed E-state index contributed by atoms with van der Waals surface area (Å²) in [6.07, 6.45) is 0. The monoisotopic (exact) mass is 308 g/mol.